The Hall–Kier alpha value is -2.86. The molecule has 1 aliphatic carbocycles. The van der Waals surface area contributed by atoms with E-state index >= 15 is 0 Å². The van der Waals surface area contributed by atoms with Gasteiger partial charge in [-0.2, -0.15) is 13.2 Å². The van der Waals surface area contributed by atoms with Crippen molar-refractivity contribution in [3.63, 3.8) is 0 Å². The molecular weight excluding hydrogens is 493 g/mol. The molecule has 1 saturated carbocycles. The first-order valence-corrected chi connectivity index (χ1v) is 10.6. The quantitative estimate of drug-likeness (QED) is 0.395. The van der Waals surface area contributed by atoms with Crippen molar-refractivity contribution < 1.29 is 22.7 Å². The molecule has 1 aliphatic rings. The molecule has 1 amide bonds. The summed E-state index contributed by atoms with van der Waals surface area (Å²) in [5, 5.41) is 6.09. The summed E-state index contributed by atoms with van der Waals surface area (Å²) in [4.78, 5) is 22.6. The lowest BCUT2D eigenvalue weighted by atomic mass is 10.1. The molecule has 0 aliphatic heterocycles. The van der Waals surface area contributed by atoms with Crippen molar-refractivity contribution in [2.75, 3.05) is 17.7 Å². The number of ether oxygens (including phenoxy) is 1. The number of anilines is 2. The van der Waals surface area contributed by atoms with Crippen LogP contribution in [0.1, 0.15) is 24.8 Å². The van der Waals surface area contributed by atoms with Gasteiger partial charge in [0.15, 0.2) is 0 Å². The van der Waals surface area contributed by atoms with Crippen molar-refractivity contribution in [1.29, 1.82) is 0 Å². The smallest absolute Gasteiger partial charge is 0.419 e. The lowest BCUT2D eigenvalue weighted by Gasteiger charge is -2.19. The Labute approximate surface area is 189 Å². The van der Waals surface area contributed by atoms with E-state index in [2.05, 4.69) is 46.3 Å². The van der Waals surface area contributed by atoms with Crippen LogP contribution in [0, 0.1) is 0 Å². The number of hydrogen-bond donors (Lipinski definition) is 4. The number of halogens is 4. The number of carbonyl (C=O) groups is 1. The number of rotatable bonds is 4. The molecule has 32 heavy (non-hydrogen) atoms. The highest BCUT2D eigenvalue weighted by atomic mass is 79.9. The van der Waals surface area contributed by atoms with Crippen LogP contribution in [0.3, 0.4) is 0 Å². The van der Waals surface area contributed by atoms with E-state index < -0.39 is 17.8 Å². The second-order valence-corrected chi connectivity index (χ2v) is 8.26. The summed E-state index contributed by atoms with van der Waals surface area (Å²) in [6.07, 6.45) is -0.518. The summed E-state index contributed by atoms with van der Waals surface area (Å²) in [6, 6.07) is 2.96. The standard InChI is InChI=1S/C20H20BrF3N6O2/c1-32-19(31)29-14-6-5-9-10(7-26-17(9)15(14)21)16-11(20(22,23)24)8-27-18(30-16)28-13-4-2-3-12(13)25/h5-8,12-13,26H,2-4,25H2,1H3,(H,29,31)(H,27,28,30)/t12-,13-/m0/s1. The van der Waals surface area contributed by atoms with Crippen molar-refractivity contribution in [3.05, 3.63) is 34.6 Å². The van der Waals surface area contributed by atoms with Crippen LogP contribution in [-0.4, -0.2) is 40.2 Å². The molecule has 0 bridgehead atoms. The third kappa shape index (κ3) is 4.24. The van der Waals surface area contributed by atoms with Crippen LogP contribution in [0.2, 0.25) is 0 Å². The lowest BCUT2D eigenvalue weighted by molar-refractivity contribution is -0.137. The number of aromatic amines is 1. The first kappa shape index (κ1) is 22.3. The van der Waals surface area contributed by atoms with Crippen LogP contribution in [0.4, 0.5) is 29.6 Å². The highest BCUT2D eigenvalue weighted by Crippen LogP contribution is 2.41. The van der Waals surface area contributed by atoms with Crippen molar-refractivity contribution in [2.45, 2.75) is 37.5 Å². The first-order chi connectivity index (χ1) is 15.2. The van der Waals surface area contributed by atoms with Gasteiger partial charge in [0.2, 0.25) is 5.95 Å². The Morgan fingerprint density at radius 3 is 2.78 bits per heavy atom. The number of benzene rings is 1. The van der Waals surface area contributed by atoms with Crippen LogP contribution < -0.4 is 16.4 Å². The molecule has 170 valence electrons. The zero-order chi connectivity index (χ0) is 23.0. The minimum absolute atomic E-state index is 0.0905. The fraction of sp³-hybridized carbons (Fsp3) is 0.350. The summed E-state index contributed by atoms with van der Waals surface area (Å²) >= 11 is 3.38. The molecule has 0 saturated heterocycles. The van der Waals surface area contributed by atoms with Crippen molar-refractivity contribution in [1.82, 2.24) is 15.0 Å². The van der Waals surface area contributed by atoms with E-state index in [1.54, 1.807) is 12.1 Å². The number of alkyl halides is 3. The van der Waals surface area contributed by atoms with Crippen LogP contribution in [0.25, 0.3) is 22.2 Å². The minimum atomic E-state index is -4.65. The zero-order valence-electron chi connectivity index (χ0n) is 16.9. The number of nitrogens with two attached hydrogens (primary N) is 1. The number of nitrogens with zero attached hydrogens (tertiary/aromatic N) is 2. The van der Waals surface area contributed by atoms with E-state index in [1.807, 2.05) is 0 Å². The molecule has 2 heterocycles. The topological polar surface area (TPSA) is 118 Å². The molecule has 5 N–H and O–H groups in total. The Morgan fingerprint density at radius 1 is 1.34 bits per heavy atom. The normalized spacial score (nSPS) is 18.7. The summed E-state index contributed by atoms with van der Waals surface area (Å²) in [5.74, 6) is 0.0905. The SMILES string of the molecule is COC(=O)Nc1ccc2c(-c3nc(N[C@H]4CCC[C@@H]4N)ncc3C(F)(F)F)c[nH]c2c1Br. The van der Waals surface area contributed by atoms with E-state index in [-0.39, 0.29) is 29.3 Å². The highest BCUT2D eigenvalue weighted by molar-refractivity contribution is 9.10. The average Bonchev–Trinajstić information content (AvgIpc) is 3.35. The third-order valence-corrected chi connectivity index (χ3v) is 6.27. The van der Waals surface area contributed by atoms with E-state index in [9.17, 15) is 18.0 Å². The van der Waals surface area contributed by atoms with Gasteiger partial charge in [0.1, 0.15) is 5.56 Å². The highest BCUT2D eigenvalue weighted by Gasteiger charge is 2.36. The fourth-order valence-corrected chi connectivity index (χ4v) is 4.37. The van der Waals surface area contributed by atoms with Crippen LogP contribution in [0.15, 0.2) is 29.0 Å². The molecule has 2 aromatic heterocycles. The number of H-pyrrole nitrogens is 1. The maximum Gasteiger partial charge on any atom is 0.419 e. The maximum absolute atomic E-state index is 13.8. The Morgan fingerprint density at radius 2 is 2.12 bits per heavy atom. The van der Waals surface area contributed by atoms with Crippen LogP contribution >= 0.6 is 15.9 Å². The molecular formula is C20H20BrF3N6O2. The lowest BCUT2D eigenvalue weighted by Crippen LogP contribution is -2.35. The first-order valence-electron chi connectivity index (χ1n) is 9.80. The Balaban J connectivity index is 1.79. The molecule has 0 radical (unpaired) electrons. The number of methoxy groups -OCH3 is 1. The number of nitrogens with one attached hydrogen (secondary N) is 3. The fourth-order valence-electron chi connectivity index (χ4n) is 3.82. The minimum Gasteiger partial charge on any atom is -0.453 e. The van der Waals surface area contributed by atoms with Gasteiger partial charge in [0.25, 0.3) is 0 Å². The van der Waals surface area contributed by atoms with Gasteiger partial charge in [-0.1, -0.05) is 6.07 Å². The molecule has 4 rings (SSSR count). The number of carbonyl (C=O) groups excluding carboxylic acids is 1. The van der Waals surface area contributed by atoms with Gasteiger partial charge in [0.05, 0.1) is 28.5 Å². The van der Waals surface area contributed by atoms with E-state index in [1.165, 1.54) is 13.3 Å². The van der Waals surface area contributed by atoms with Crippen molar-refractivity contribution in [3.8, 4) is 11.3 Å². The maximum atomic E-state index is 13.8. The summed E-state index contributed by atoms with van der Waals surface area (Å²) < 4.78 is 46.3. The molecule has 1 fully saturated rings. The van der Waals surface area contributed by atoms with Crippen LogP contribution in [0.5, 0.6) is 0 Å². The summed E-state index contributed by atoms with van der Waals surface area (Å²) in [6.45, 7) is 0. The Kier molecular flexibility index (Phi) is 5.99. The van der Waals surface area contributed by atoms with Crippen molar-refractivity contribution in [2.24, 2.45) is 5.73 Å². The molecule has 12 heteroatoms. The predicted molar refractivity (Wildman–Crippen MR) is 117 cm³/mol. The van der Waals surface area contributed by atoms with Crippen molar-refractivity contribution >= 4 is 44.6 Å². The molecule has 2 atom stereocenters. The van der Waals surface area contributed by atoms with Gasteiger partial charge in [-0.25, -0.2) is 14.8 Å². The summed E-state index contributed by atoms with van der Waals surface area (Å²) in [5.41, 5.74) is 5.99. The van der Waals surface area contributed by atoms with Gasteiger partial charge < -0.3 is 20.8 Å². The second kappa shape index (κ2) is 8.58. The molecule has 0 unspecified atom stereocenters. The van der Waals surface area contributed by atoms with E-state index in [4.69, 9.17) is 5.73 Å². The number of aromatic nitrogens is 3. The van der Waals surface area contributed by atoms with E-state index in [0.717, 1.165) is 25.5 Å². The largest absolute Gasteiger partial charge is 0.453 e. The second-order valence-electron chi connectivity index (χ2n) is 7.47. The Bertz CT molecular complexity index is 1170. The van der Waals surface area contributed by atoms with Gasteiger partial charge >= 0.3 is 12.3 Å². The van der Waals surface area contributed by atoms with Gasteiger partial charge in [0, 0.05) is 35.4 Å². The molecule has 3 aromatic rings. The van der Waals surface area contributed by atoms with Gasteiger partial charge in [-0.15, -0.1) is 0 Å². The molecule has 8 nitrogen and oxygen atoms in total. The van der Waals surface area contributed by atoms with Crippen LogP contribution in [-0.2, 0) is 10.9 Å². The van der Waals surface area contributed by atoms with E-state index in [0.29, 0.717) is 21.1 Å². The van der Waals surface area contributed by atoms with Gasteiger partial charge in [-0.05, 0) is 41.3 Å². The molecule has 1 aromatic carbocycles. The van der Waals surface area contributed by atoms with Gasteiger partial charge in [-0.3, -0.25) is 5.32 Å². The third-order valence-electron chi connectivity index (χ3n) is 5.45. The number of hydrogen-bond acceptors (Lipinski definition) is 6. The molecule has 0 spiro atoms. The number of amides is 1. The zero-order valence-corrected chi connectivity index (χ0v) is 18.5. The summed E-state index contributed by atoms with van der Waals surface area (Å²) in [7, 11) is 1.23. The predicted octanol–water partition coefficient (Wildman–Crippen LogP) is 4.88. The number of fused-ring (bicyclic) bond motifs is 1. The monoisotopic (exact) mass is 512 g/mol. The average molecular weight is 513 g/mol.